The molecule has 112 valence electrons. The number of nitrogens with one attached hydrogen (secondary N) is 1. The quantitative estimate of drug-likeness (QED) is 0.845. The summed E-state index contributed by atoms with van der Waals surface area (Å²) in [6.07, 6.45) is 1.97. The van der Waals surface area contributed by atoms with Crippen molar-refractivity contribution in [2.45, 2.75) is 25.9 Å². The number of likely N-dealkylation sites (tertiary alicyclic amines) is 1. The van der Waals surface area contributed by atoms with Gasteiger partial charge < -0.3 is 14.5 Å². The van der Waals surface area contributed by atoms with E-state index < -0.39 is 6.10 Å². The van der Waals surface area contributed by atoms with Crippen LogP contribution in [0.3, 0.4) is 0 Å². The fraction of sp³-hybridized carbons (Fsp3) is 0.500. The van der Waals surface area contributed by atoms with E-state index in [1.807, 2.05) is 13.0 Å². The molecular formula is C14H18N4O3. The Hall–Kier alpha value is -2.15. The van der Waals surface area contributed by atoms with Crippen LogP contribution in [0.2, 0.25) is 0 Å². The third kappa shape index (κ3) is 3.13. The van der Waals surface area contributed by atoms with E-state index in [9.17, 15) is 9.90 Å². The lowest BCUT2D eigenvalue weighted by atomic mass is 10.0. The first-order valence-corrected chi connectivity index (χ1v) is 6.98. The fourth-order valence-electron chi connectivity index (χ4n) is 2.69. The van der Waals surface area contributed by atoms with Crippen LogP contribution in [0.5, 0.6) is 0 Å². The van der Waals surface area contributed by atoms with Crippen molar-refractivity contribution in [1.82, 2.24) is 20.3 Å². The number of aliphatic hydroxyl groups is 1. The number of hydrogen-bond acceptors (Lipinski definition) is 5. The van der Waals surface area contributed by atoms with Gasteiger partial charge in [0.2, 0.25) is 5.91 Å². The van der Waals surface area contributed by atoms with Crippen molar-refractivity contribution < 1.29 is 14.4 Å². The number of carbonyl (C=O) groups excluding carboxylic acids is 1. The highest BCUT2D eigenvalue weighted by Gasteiger charge is 2.34. The minimum atomic E-state index is -0.527. The topological polar surface area (TPSA) is 95.2 Å². The van der Waals surface area contributed by atoms with Gasteiger partial charge >= 0.3 is 0 Å². The van der Waals surface area contributed by atoms with Crippen molar-refractivity contribution in [3.63, 3.8) is 0 Å². The van der Waals surface area contributed by atoms with Crippen LogP contribution < -0.4 is 0 Å². The first kappa shape index (κ1) is 13.8. The lowest BCUT2D eigenvalue weighted by molar-refractivity contribution is -0.129. The molecule has 0 saturated carbocycles. The van der Waals surface area contributed by atoms with Crippen molar-refractivity contribution in [3.05, 3.63) is 35.5 Å². The molecule has 7 nitrogen and oxygen atoms in total. The smallest absolute Gasteiger partial charge is 0.228 e. The molecule has 0 unspecified atom stereocenters. The summed E-state index contributed by atoms with van der Waals surface area (Å²) in [7, 11) is 0. The zero-order valence-electron chi connectivity index (χ0n) is 11.8. The van der Waals surface area contributed by atoms with E-state index >= 15 is 0 Å². The summed E-state index contributed by atoms with van der Waals surface area (Å²) in [6.45, 7) is 2.76. The van der Waals surface area contributed by atoms with Gasteiger partial charge in [0.05, 0.1) is 18.2 Å². The van der Waals surface area contributed by atoms with Gasteiger partial charge in [-0.1, -0.05) is 5.16 Å². The normalized spacial score (nSPS) is 21.9. The number of aryl methyl sites for hydroxylation is 1. The van der Waals surface area contributed by atoms with Gasteiger partial charge in [0.15, 0.2) is 0 Å². The van der Waals surface area contributed by atoms with Gasteiger partial charge in [-0.3, -0.25) is 9.89 Å². The Labute approximate surface area is 121 Å². The molecule has 1 aliphatic heterocycles. The van der Waals surface area contributed by atoms with Crippen molar-refractivity contribution in [3.8, 4) is 0 Å². The van der Waals surface area contributed by atoms with Gasteiger partial charge in [-0.25, -0.2) is 0 Å². The van der Waals surface area contributed by atoms with Gasteiger partial charge in [0.1, 0.15) is 5.76 Å². The van der Waals surface area contributed by atoms with E-state index in [0.29, 0.717) is 19.5 Å². The molecule has 3 rings (SSSR count). The number of amides is 1. The lowest BCUT2D eigenvalue weighted by Crippen LogP contribution is -2.31. The third-order valence-electron chi connectivity index (χ3n) is 3.80. The summed E-state index contributed by atoms with van der Waals surface area (Å²) in [5, 5.41) is 20.6. The number of carbonyl (C=O) groups is 1. The van der Waals surface area contributed by atoms with E-state index in [1.165, 1.54) is 0 Å². The van der Waals surface area contributed by atoms with Gasteiger partial charge in [-0.05, 0) is 13.0 Å². The van der Waals surface area contributed by atoms with Gasteiger partial charge in [0, 0.05) is 43.4 Å². The maximum atomic E-state index is 12.2. The highest BCUT2D eigenvalue weighted by Crippen LogP contribution is 2.22. The van der Waals surface area contributed by atoms with Crippen LogP contribution in [0.15, 0.2) is 22.9 Å². The number of rotatable bonds is 4. The molecule has 1 saturated heterocycles. The monoisotopic (exact) mass is 290 g/mol. The van der Waals surface area contributed by atoms with E-state index in [1.54, 1.807) is 17.2 Å². The number of hydrogen-bond donors (Lipinski definition) is 2. The Morgan fingerprint density at radius 1 is 1.57 bits per heavy atom. The summed E-state index contributed by atoms with van der Waals surface area (Å²) in [4.78, 5) is 13.9. The summed E-state index contributed by atoms with van der Waals surface area (Å²) >= 11 is 0. The Kier molecular flexibility index (Phi) is 3.74. The second kappa shape index (κ2) is 5.69. The van der Waals surface area contributed by atoms with Crippen molar-refractivity contribution in [2.24, 2.45) is 5.92 Å². The van der Waals surface area contributed by atoms with E-state index in [-0.39, 0.29) is 18.2 Å². The number of β-amino-alcohol motifs (C(OH)–C–C–N with tert-alkyl or cyclic N) is 1. The van der Waals surface area contributed by atoms with Crippen LogP contribution in [0.4, 0.5) is 0 Å². The predicted molar refractivity (Wildman–Crippen MR) is 73.3 cm³/mol. The van der Waals surface area contributed by atoms with Crippen molar-refractivity contribution >= 4 is 5.91 Å². The number of aliphatic hydroxyl groups excluding tert-OH is 1. The molecule has 21 heavy (non-hydrogen) atoms. The number of nitrogens with zero attached hydrogens (tertiary/aromatic N) is 3. The van der Waals surface area contributed by atoms with E-state index in [2.05, 4.69) is 15.4 Å². The van der Waals surface area contributed by atoms with E-state index in [0.717, 1.165) is 17.1 Å². The summed E-state index contributed by atoms with van der Waals surface area (Å²) in [5.41, 5.74) is 1.61. The van der Waals surface area contributed by atoms with Gasteiger partial charge in [-0.15, -0.1) is 0 Å². The largest absolute Gasteiger partial charge is 0.391 e. The zero-order chi connectivity index (χ0) is 14.8. The van der Waals surface area contributed by atoms with E-state index in [4.69, 9.17) is 4.52 Å². The van der Waals surface area contributed by atoms with Crippen LogP contribution in [0.1, 0.15) is 17.1 Å². The predicted octanol–water partition coefficient (Wildman–Crippen LogP) is 0.311. The molecular weight excluding hydrogens is 272 g/mol. The zero-order valence-corrected chi connectivity index (χ0v) is 11.8. The Balaban J connectivity index is 1.58. The van der Waals surface area contributed by atoms with Crippen LogP contribution in [0, 0.1) is 12.8 Å². The maximum absolute atomic E-state index is 12.2. The Bertz CT molecular complexity index is 608. The molecule has 2 atom stereocenters. The molecule has 3 heterocycles. The Morgan fingerprint density at radius 2 is 2.43 bits per heavy atom. The minimum absolute atomic E-state index is 0.00505. The molecule has 1 fully saturated rings. The SMILES string of the molecule is Cc1cc(C[C@@H]2CN(C(=O)Cc3ccn[nH]3)C[C@@H]2O)on1. The Morgan fingerprint density at radius 3 is 3.10 bits per heavy atom. The first-order valence-electron chi connectivity index (χ1n) is 6.98. The summed E-state index contributed by atoms with van der Waals surface area (Å²) < 4.78 is 5.18. The molecule has 2 aromatic heterocycles. The maximum Gasteiger partial charge on any atom is 0.228 e. The molecule has 7 heteroatoms. The molecule has 1 amide bonds. The number of H-pyrrole nitrogens is 1. The summed E-state index contributed by atoms with van der Waals surface area (Å²) in [6, 6.07) is 3.64. The molecule has 2 N–H and O–H groups in total. The second-order valence-electron chi connectivity index (χ2n) is 5.52. The molecule has 0 aliphatic carbocycles. The van der Waals surface area contributed by atoms with Crippen molar-refractivity contribution in [1.29, 1.82) is 0 Å². The highest BCUT2D eigenvalue weighted by atomic mass is 16.5. The molecule has 0 spiro atoms. The molecule has 0 aromatic carbocycles. The summed E-state index contributed by atoms with van der Waals surface area (Å²) in [5.74, 6) is 0.733. The molecule has 0 bridgehead atoms. The standard InChI is InChI=1S/C14H18N4O3/c1-9-4-12(21-17-9)5-10-7-18(8-13(10)19)14(20)6-11-2-3-15-16-11/h2-4,10,13,19H,5-8H2,1H3,(H,15,16)/t10-,13+/m1/s1. The van der Waals surface area contributed by atoms with Gasteiger partial charge in [-0.2, -0.15) is 5.10 Å². The molecule has 1 aliphatic rings. The average Bonchev–Trinajstić information content (AvgIpc) is 3.14. The molecule has 2 aromatic rings. The van der Waals surface area contributed by atoms with Crippen LogP contribution in [-0.4, -0.2) is 50.5 Å². The van der Waals surface area contributed by atoms with Gasteiger partial charge in [0.25, 0.3) is 0 Å². The first-order chi connectivity index (χ1) is 10.1. The van der Waals surface area contributed by atoms with Crippen LogP contribution in [0.25, 0.3) is 0 Å². The average molecular weight is 290 g/mol. The highest BCUT2D eigenvalue weighted by molar-refractivity contribution is 5.78. The number of aromatic nitrogens is 3. The minimum Gasteiger partial charge on any atom is -0.391 e. The lowest BCUT2D eigenvalue weighted by Gasteiger charge is -2.15. The second-order valence-corrected chi connectivity index (χ2v) is 5.52. The van der Waals surface area contributed by atoms with Crippen LogP contribution >= 0.6 is 0 Å². The molecule has 0 radical (unpaired) electrons. The van der Waals surface area contributed by atoms with Crippen LogP contribution in [-0.2, 0) is 17.6 Å². The third-order valence-corrected chi connectivity index (χ3v) is 3.80. The number of aromatic amines is 1. The fourth-order valence-corrected chi connectivity index (χ4v) is 2.69. The van der Waals surface area contributed by atoms with Crippen molar-refractivity contribution in [2.75, 3.05) is 13.1 Å².